The molecule has 138 valence electrons. The topological polar surface area (TPSA) is 72.9 Å². The van der Waals surface area contributed by atoms with Crippen molar-refractivity contribution in [3.05, 3.63) is 46.7 Å². The molecule has 1 aliphatic heterocycles. The molecule has 0 spiro atoms. The Morgan fingerprint density at radius 2 is 2.12 bits per heavy atom. The van der Waals surface area contributed by atoms with Crippen molar-refractivity contribution in [2.24, 2.45) is 0 Å². The van der Waals surface area contributed by atoms with Crippen LogP contribution in [0.3, 0.4) is 0 Å². The van der Waals surface area contributed by atoms with Gasteiger partial charge in [-0.05, 0) is 27.6 Å². The third-order valence-corrected chi connectivity index (χ3v) is 4.48. The number of anilines is 1. The number of pyridine rings is 1. The summed E-state index contributed by atoms with van der Waals surface area (Å²) in [7, 11) is 1.61. The Labute approximate surface area is 160 Å². The van der Waals surface area contributed by atoms with Crippen molar-refractivity contribution in [3.8, 4) is 11.5 Å². The van der Waals surface area contributed by atoms with Crippen molar-refractivity contribution in [1.29, 1.82) is 0 Å². The number of benzene rings is 1. The van der Waals surface area contributed by atoms with Crippen LogP contribution in [0.1, 0.15) is 5.56 Å². The van der Waals surface area contributed by atoms with Gasteiger partial charge in [-0.3, -0.25) is 4.98 Å². The van der Waals surface area contributed by atoms with E-state index in [4.69, 9.17) is 14.2 Å². The van der Waals surface area contributed by atoms with E-state index >= 15 is 0 Å². The SMILES string of the molecule is COCCN(Cc1cccnc1)C(=O)Nc1cc2c(cc1Br)OCCO2. The fourth-order valence-corrected chi connectivity index (χ4v) is 2.94. The van der Waals surface area contributed by atoms with Gasteiger partial charge in [-0.25, -0.2) is 4.79 Å². The van der Waals surface area contributed by atoms with Crippen molar-refractivity contribution in [1.82, 2.24) is 9.88 Å². The van der Waals surface area contributed by atoms with Crippen LogP contribution < -0.4 is 14.8 Å². The molecular formula is C18H20BrN3O4. The fourth-order valence-electron chi connectivity index (χ4n) is 2.52. The summed E-state index contributed by atoms with van der Waals surface area (Å²) in [5.74, 6) is 1.28. The highest BCUT2D eigenvalue weighted by Crippen LogP contribution is 2.38. The van der Waals surface area contributed by atoms with Crippen molar-refractivity contribution >= 4 is 27.6 Å². The molecule has 7 nitrogen and oxygen atoms in total. The van der Waals surface area contributed by atoms with Gasteiger partial charge in [-0.2, -0.15) is 0 Å². The summed E-state index contributed by atoms with van der Waals surface area (Å²) in [6.07, 6.45) is 3.45. The second-order valence-corrected chi connectivity index (χ2v) is 6.54. The number of methoxy groups -OCH3 is 1. The Morgan fingerprint density at radius 3 is 2.81 bits per heavy atom. The summed E-state index contributed by atoms with van der Waals surface area (Å²) in [6, 6.07) is 7.10. The number of nitrogens with zero attached hydrogens (tertiary/aromatic N) is 2. The van der Waals surface area contributed by atoms with E-state index in [1.54, 1.807) is 36.5 Å². The van der Waals surface area contributed by atoms with E-state index in [1.165, 1.54) is 0 Å². The Morgan fingerprint density at radius 1 is 1.35 bits per heavy atom. The Bertz CT molecular complexity index is 758. The summed E-state index contributed by atoms with van der Waals surface area (Å²) in [5, 5.41) is 2.92. The molecule has 0 atom stereocenters. The van der Waals surface area contributed by atoms with Gasteiger partial charge in [0.05, 0.1) is 12.3 Å². The Kier molecular flexibility index (Phi) is 6.30. The molecule has 8 heteroatoms. The van der Waals surface area contributed by atoms with E-state index in [1.807, 2.05) is 12.1 Å². The lowest BCUT2D eigenvalue weighted by Gasteiger charge is -2.24. The number of ether oxygens (including phenoxy) is 3. The van der Waals surface area contributed by atoms with Gasteiger partial charge >= 0.3 is 6.03 Å². The molecule has 1 aromatic carbocycles. The zero-order valence-electron chi connectivity index (χ0n) is 14.4. The van der Waals surface area contributed by atoms with Gasteiger partial charge in [0, 0.05) is 49.2 Å². The lowest BCUT2D eigenvalue weighted by Crippen LogP contribution is -2.37. The predicted molar refractivity (Wildman–Crippen MR) is 101 cm³/mol. The van der Waals surface area contributed by atoms with Gasteiger partial charge in [-0.1, -0.05) is 6.07 Å². The third kappa shape index (κ3) is 4.64. The highest BCUT2D eigenvalue weighted by molar-refractivity contribution is 9.10. The van der Waals surface area contributed by atoms with Crippen LogP contribution in [-0.2, 0) is 11.3 Å². The number of urea groups is 1. The van der Waals surface area contributed by atoms with Gasteiger partial charge in [-0.15, -0.1) is 0 Å². The Hall–Kier alpha value is -2.32. The number of hydrogen-bond acceptors (Lipinski definition) is 5. The number of nitrogens with one attached hydrogen (secondary N) is 1. The summed E-state index contributed by atoms with van der Waals surface area (Å²) in [4.78, 5) is 18.6. The minimum absolute atomic E-state index is 0.233. The standard InChI is InChI=1S/C18H20BrN3O4/c1-24-6-5-22(12-13-3-2-4-20-11-13)18(23)21-15-10-17-16(9-14(15)19)25-7-8-26-17/h2-4,9-11H,5-8,12H2,1H3,(H,21,23). The van der Waals surface area contributed by atoms with Gasteiger partial charge in [0.2, 0.25) is 0 Å². The van der Waals surface area contributed by atoms with Crippen LogP contribution in [0.25, 0.3) is 0 Å². The van der Waals surface area contributed by atoms with Crippen LogP contribution in [-0.4, -0.2) is 49.4 Å². The Balaban J connectivity index is 1.74. The van der Waals surface area contributed by atoms with Crippen molar-refractivity contribution in [3.63, 3.8) is 0 Å². The molecule has 2 amide bonds. The number of fused-ring (bicyclic) bond motifs is 1. The molecular weight excluding hydrogens is 402 g/mol. The first-order chi connectivity index (χ1) is 12.7. The molecule has 0 bridgehead atoms. The number of carbonyl (C=O) groups excluding carboxylic acids is 1. The maximum absolute atomic E-state index is 12.8. The van der Waals surface area contributed by atoms with E-state index in [0.717, 1.165) is 10.0 Å². The molecule has 0 saturated carbocycles. The average molecular weight is 422 g/mol. The molecule has 0 saturated heterocycles. The van der Waals surface area contributed by atoms with E-state index in [0.29, 0.717) is 50.1 Å². The predicted octanol–water partition coefficient (Wildman–Crippen LogP) is 3.30. The molecule has 0 fully saturated rings. The van der Waals surface area contributed by atoms with Gasteiger partial charge < -0.3 is 24.4 Å². The number of aromatic nitrogens is 1. The zero-order chi connectivity index (χ0) is 18.4. The van der Waals surface area contributed by atoms with E-state index < -0.39 is 0 Å². The number of halogens is 1. The van der Waals surface area contributed by atoms with Crippen LogP contribution in [0.2, 0.25) is 0 Å². The highest BCUT2D eigenvalue weighted by atomic mass is 79.9. The monoisotopic (exact) mass is 421 g/mol. The minimum atomic E-state index is -0.233. The van der Waals surface area contributed by atoms with E-state index in [-0.39, 0.29) is 6.03 Å². The van der Waals surface area contributed by atoms with Gasteiger partial charge in [0.25, 0.3) is 0 Å². The first-order valence-electron chi connectivity index (χ1n) is 8.20. The molecule has 1 aliphatic rings. The van der Waals surface area contributed by atoms with Crippen LogP contribution in [0.5, 0.6) is 11.5 Å². The normalized spacial score (nSPS) is 12.5. The molecule has 0 aliphatic carbocycles. The largest absolute Gasteiger partial charge is 0.486 e. The smallest absolute Gasteiger partial charge is 0.322 e. The van der Waals surface area contributed by atoms with Crippen LogP contribution in [0.4, 0.5) is 10.5 Å². The quantitative estimate of drug-likeness (QED) is 0.774. The average Bonchev–Trinajstić information content (AvgIpc) is 2.66. The molecule has 1 aromatic heterocycles. The van der Waals surface area contributed by atoms with Crippen molar-refractivity contribution < 1.29 is 19.0 Å². The third-order valence-electron chi connectivity index (χ3n) is 3.82. The number of amides is 2. The van der Waals surface area contributed by atoms with Crippen molar-refractivity contribution in [2.75, 3.05) is 38.8 Å². The summed E-state index contributed by atoms with van der Waals surface area (Å²) < 4.78 is 17.0. The summed E-state index contributed by atoms with van der Waals surface area (Å²) >= 11 is 3.47. The minimum Gasteiger partial charge on any atom is -0.486 e. The fraction of sp³-hybridized carbons (Fsp3) is 0.333. The maximum atomic E-state index is 12.8. The second-order valence-electron chi connectivity index (χ2n) is 5.68. The molecule has 26 heavy (non-hydrogen) atoms. The zero-order valence-corrected chi connectivity index (χ0v) is 16.0. The maximum Gasteiger partial charge on any atom is 0.322 e. The van der Waals surface area contributed by atoms with Crippen molar-refractivity contribution in [2.45, 2.75) is 6.54 Å². The number of carbonyl (C=O) groups is 1. The lowest BCUT2D eigenvalue weighted by atomic mass is 10.2. The van der Waals surface area contributed by atoms with Crippen LogP contribution >= 0.6 is 15.9 Å². The molecule has 2 aromatic rings. The molecule has 2 heterocycles. The van der Waals surface area contributed by atoms with Gasteiger partial charge in [0.15, 0.2) is 11.5 Å². The second kappa shape index (κ2) is 8.86. The van der Waals surface area contributed by atoms with Crippen LogP contribution in [0.15, 0.2) is 41.1 Å². The summed E-state index contributed by atoms with van der Waals surface area (Å²) in [6.45, 7) is 2.34. The molecule has 0 unspecified atom stereocenters. The molecule has 0 radical (unpaired) electrons. The van der Waals surface area contributed by atoms with Gasteiger partial charge in [0.1, 0.15) is 13.2 Å². The first kappa shape index (κ1) is 18.5. The lowest BCUT2D eigenvalue weighted by molar-refractivity contribution is 0.152. The first-order valence-corrected chi connectivity index (χ1v) is 8.99. The number of rotatable bonds is 6. The highest BCUT2D eigenvalue weighted by Gasteiger charge is 2.19. The van der Waals surface area contributed by atoms with Crippen LogP contribution in [0, 0.1) is 0 Å². The van der Waals surface area contributed by atoms with E-state index in [9.17, 15) is 4.79 Å². The van der Waals surface area contributed by atoms with E-state index in [2.05, 4.69) is 26.2 Å². The molecule has 3 rings (SSSR count). The molecule has 1 N–H and O–H groups in total. The number of hydrogen-bond donors (Lipinski definition) is 1. The summed E-state index contributed by atoms with van der Waals surface area (Å²) in [5.41, 5.74) is 1.56.